The maximum absolute atomic E-state index is 10.6. The molecule has 0 fully saturated rings. The Morgan fingerprint density at radius 1 is 1.40 bits per heavy atom. The maximum atomic E-state index is 10.6. The number of carbonyl (C=O) groups is 1. The van der Waals surface area contributed by atoms with Crippen LogP contribution in [0.15, 0.2) is 18.2 Å². The number of aliphatic carboxylic acids is 1. The second kappa shape index (κ2) is 4.82. The molecule has 0 heterocycles. The van der Waals surface area contributed by atoms with E-state index in [2.05, 4.69) is 0 Å². The van der Waals surface area contributed by atoms with Gasteiger partial charge in [0.15, 0.2) is 0 Å². The predicted octanol–water partition coefficient (Wildman–Crippen LogP) is 2.22. The molecule has 3 heteroatoms. The van der Waals surface area contributed by atoms with E-state index >= 15 is 0 Å². The van der Waals surface area contributed by atoms with Gasteiger partial charge in [-0.2, -0.15) is 0 Å². The lowest BCUT2D eigenvalue weighted by Gasteiger charge is -2.11. The highest BCUT2D eigenvalue weighted by atomic mass is 16.4. The molecule has 1 rings (SSSR count). The zero-order valence-corrected chi connectivity index (χ0v) is 9.03. The van der Waals surface area contributed by atoms with Crippen molar-refractivity contribution in [3.8, 4) is 5.75 Å². The summed E-state index contributed by atoms with van der Waals surface area (Å²) in [4.78, 5) is 10.6. The Labute approximate surface area is 89.4 Å². The number of phenols is 1. The van der Waals surface area contributed by atoms with E-state index in [9.17, 15) is 9.90 Å². The lowest BCUT2D eigenvalue weighted by atomic mass is 9.95. The van der Waals surface area contributed by atoms with Gasteiger partial charge in [0.25, 0.3) is 0 Å². The fraction of sp³-hybridized carbons (Fsp3) is 0.417. The largest absolute Gasteiger partial charge is 0.508 e. The van der Waals surface area contributed by atoms with E-state index in [0.29, 0.717) is 17.9 Å². The number of hydrogen-bond acceptors (Lipinski definition) is 2. The van der Waals surface area contributed by atoms with E-state index in [1.54, 1.807) is 18.2 Å². The first-order valence-electron chi connectivity index (χ1n) is 5.02. The first-order valence-corrected chi connectivity index (χ1v) is 5.02. The summed E-state index contributed by atoms with van der Waals surface area (Å²) in [6, 6.07) is 5.03. The van der Waals surface area contributed by atoms with Gasteiger partial charge in [-0.15, -0.1) is 0 Å². The van der Waals surface area contributed by atoms with Crippen molar-refractivity contribution >= 4 is 5.97 Å². The molecule has 0 radical (unpaired) electrons. The molecule has 82 valence electrons. The van der Waals surface area contributed by atoms with Crippen molar-refractivity contribution in [3.05, 3.63) is 29.3 Å². The van der Waals surface area contributed by atoms with E-state index in [1.165, 1.54) is 0 Å². The average Bonchev–Trinajstić information content (AvgIpc) is 2.09. The predicted molar refractivity (Wildman–Crippen MR) is 58.0 cm³/mol. The minimum atomic E-state index is -0.870. The highest BCUT2D eigenvalue weighted by Gasteiger charge is 2.11. The van der Waals surface area contributed by atoms with Gasteiger partial charge < -0.3 is 10.2 Å². The smallest absolute Gasteiger partial charge is 0.307 e. The molecule has 0 aliphatic carbocycles. The molecule has 2 N–H and O–H groups in total. The van der Waals surface area contributed by atoms with Crippen LogP contribution in [0.2, 0.25) is 0 Å². The van der Waals surface area contributed by atoms with Crippen molar-refractivity contribution in [1.29, 1.82) is 0 Å². The summed E-state index contributed by atoms with van der Waals surface area (Å²) >= 11 is 0. The second-order valence-electron chi connectivity index (χ2n) is 4.08. The van der Waals surface area contributed by atoms with Gasteiger partial charge in [0.2, 0.25) is 0 Å². The van der Waals surface area contributed by atoms with Crippen LogP contribution in [0.4, 0.5) is 0 Å². The summed E-state index contributed by atoms with van der Waals surface area (Å²) in [7, 11) is 0. The van der Waals surface area contributed by atoms with Crippen molar-refractivity contribution < 1.29 is 15.0 Å². The highest BCUT2D eigenvalue weighted by molar-refractivity contribution is 5.71. The van der Waals surface area contributed by atoms with Gasteiger partial charge in [0.1, 0.15) is 5.75 Å². The number of benzene rings is 1. The first-order chi connectivity index (χ1) is 7.00. The molecule has 0 aromatic heterocycles. The Morgan fingerprint density at radius 2 is 2.07 bits per heavy atom. The molecule has 15 heavy (non-hydrogen) atoms. The molecule has 0 saturated heterocycles. The van der Waals surface area contributed by atoms with Gasteiger partial charge >= 0.3 is 5.97 Å². The van der Waals surface area contributed by atoms with Gasteiger partial charge in [0.05, 0.1) is 6.42 Å². The molecular formula is C12H16O3. The molecule has 1 aromatic rings. The molecule has 0 saturated carbocycles. The van der Waals surface area contributed by atoms with Crippen LogP contribution in [0.1, 0.15) is 25.0 Å². The third kappa shape index (κ3) is 3.27. The monoisotopic (exact) mass is 208 g/mol. The Hall–Kier alpha value is -1.51. The van der Waals surface area contributed by atoms with Crippen LogP contribution in [0, 0.1) is 5.92 Å². The van der Waals surface area contributed by atoms with Gasteiger partial charge in [-0.1, -0.05) is 26.0 Å². The Balaban J connectivity index is 3.02. The molecule has 0 bridgehead atoms. The standard InChI is InChI=1S/C12H16O3/c1-8(2)6-10-9(7-12(14)15)4-3-5-11(10)13/h3-5,8,13H,6-7H2,1-2H3,(H,14,15). The fourth-order valence-corrected chi connectivity index (χ4v) is 1.59. The summed E-state index contributed by atoms with van der Waals surface area (Å²) in [5.41, 5.74) is 1.46. The van der Waals surface area contributed by atoms with E-state index in [0.717, 1.165) is 5.56 Å². The summed E-state index contributed by atoms with van der Waals surface area (Å²) in [5, 5.41) is 18.4. The lowest BCUT2D eigenvalue weighted by molar-refractivity contribution is -0.136. The van der Waals surface area contributed by atoms with Crippen molar-refractivity contribution in [1.82, 2.24) is 0 Å². The molecule has 3 nitrogen and oxygen atoms in total. The number of hydrogen-bond donors (Lipinski definition) is 2. The van der Waals surface area contributed by atoms with Crippen LogP contribution >= 0.6 is 0 Å². The van der Waals surface area contributed by atoms with Gasteiger partial charge in [-0.3, -0.25) is 4.79 Å². The SMILES string of the molecule is CC(C)Cc1c(O)cccc1CC(=O)O. The first kappa shape index (κ1) is 11.6. The third-order valence-corrected chi connectivity index (χ3v) is 2.20. The normalized spacial score (nSPS) is 10.6. The number of carboxylic acids is 1. The van der Waals surface area contributed by atoms with E-state index < -0.39 is 5.97 Å². The molecule has 1 aromatic carbocycles. The number of aromatic hydroxyl groups is 1. The molecule has 0 aliphatic heterocycles. The van der Waals surface area contributed by atoms with Crippen LogP contribution < -0.4 is 0 Å². The summed E-state index contributed by atoms with van der Waals surface area (Å²) in [6.07, 6.45) is 0.672. The van der Waals surface area contributed by atoms with Crippen molar-refractivity contribution in [2.45, 2.75) is 26.7 Å². The van der Waals surface area contributed by atoms with Crippen LogP contribution in [0.25, 0.3) is 0 Å². The molecule has 0 aliphatic rings. The molecule has 0 spiro atoms. The van der Waals surface area contributed by atoms with Gasteiger partial charge in [-0.05, 0) is 29.5 Å². The topological polar surface area (TPSA) is 57.5 Å². The van der Waals surface area contributed by atoms with Crippen molar-refractivity contribution in [2.24, 2.45) is 5.92 Å². The zero-order valence-electron chi connectivity index (χ0n) is 9.03. The summed E-state index contributed by atoms with van der Waals surface area (Å²) in [6.45, 7) is 4.08. The van der Waals surface area contributed by atoms with Crippen LogP contribution in [0.5, 0.6) is 5.75 Å². The molecule has 0 atom stereocenters. The Bertz CT molecular complexity index is 356. The minimum Gasteiger partial charge on any atom is -0.508 e. The highest BCUT2D eigenvalue weighted by Crippen LogP contribution is 2.24. The maximum Gasteiger partial charge on any atom is 0.307 e. The quantitative estimate of drug-likeness (QED) is 0.797. The van der Waals surface area contributed by atoms with E-state index in [1.807, 2.05) is 13.8 Å². The Morgan fingerprint density at radius 3 is 2.60 bits per heavy atom. The summed E-state index contributed by atoms with van der Waals surface area (Å²) in [5.74, 6) is -0.279. The van der Waals surface area contributed by atoms with E-state index in [4.69, 9.17) is 5.11 Å². The Kier molecular flexibility index (Phi) is 3.72. The minimum absolute atomic E-state index is 0.0313. The molecule has 0 unspecified atom stereocenters. The van der Waals surface area contributed by atoms with E-state index in [-0.39, 0.29) is 12.2 Å². The zero-order chi connectivity index (χ0) is 11.4. The van der Waals surface area contributed by atoms with Crippen molar-refractivity contribution in [2.75, 3.05) is 0 Å². The lowest BCUT2D eigenvalue weighted by Crippen LogP contribution is -2.05. The average molecular weight is 208 g/mol. The second-order valence-corrected chi connectivity index (χ2v) is 4.08. The number of carboxylic acid groups (broad SMARTS) is 1. The fourth-order valence-electron chi connectivity index (χ4n) is 1.59. The molecule has 0 amide bonds. The van der Waals surface area contributed by atoms with Crippen LogP contribution in [-0.2, 0) is 17.6 Å². The van der Waals surface area contributed by atoms with Gasteiger partial charge in [-0.25, -0.2) is 0 Å². The summed E-state index contributed by atoms with van der Waals surface area (Å²) < 4.78 is 0. The van der Waals surface area contributed by atoms with Crippen LogP contribution in [0.3, 0.4) is 0 Å². The van der Waals surface area contributed by atoms with Gasteiger partial charge in [0, 0.05) is 0 Å². The molecular weight excluding hydrogens is 192 g/mol. The van der Waals surface area contributed by atoms with Crippen LogP contribution in [-0.4, -0.2) is 16.2 Å². The number of rotatable bonds is 4. The van der Waals surface area contributed by atoms with Crippen molar-refractivity contribution in [3.63, 3.8) is 0 Å². The number of phenolic OH excluding ortho intramolecular Hbond substituents is 1. The third-order valence-electron chi connectivity index (χ3n) is 2.20.